The number of carbonyl (C=O) groups excluding carboxylic acids is 2. The summed E-state index contributed by atoms with van der Waals surface area (Å²) < 4.78 is 30.8. The number of rotatable bonds is 6. The molecular formula is C19H20Cl2N2O5S. The van der Waals surface area contributed by atoms with Crippen molar-refractivity contribution in [3.8, 4) is 0 Å². The first-order valence-electron chi connectivity index (χ1n) is 8.43. The minimum absolute atomic E-state index is 0.0287. The summed E-state index contributed by atoms with van der Waals surface area (Å²) in [5.41, 5.74) is 1.02. The molecule has 0 radical (unpaired) electrons. The molecule has 0 aliphatic heterocycles. The van der Waals surface area contributed by atoms with Crippen molar-refractivity contribution >= 4 is 50.8 Å². The number of hydrogen-bond donors (Lipinski definition) is 1. The van der Waals surface area contributed by atoms with Gasteiger partial charge in [0.2, 0.25) is 10.0 Å². The number of halogens is 2. The molecule has 0 saturated carbocycles. The fraction of sp³-hybridized carbons (Fsp3) is 0.263. The van der Waals surface area contributed by atoms with Crippen LogP contribution in [0.1, 0.15) is 22.8 Å². The van der Waals surface area contributed by atoms with E-state index in [0.717, 1.165) is 4.31 Å². The van der Waals surface area contributed by atoms with E-state index in [0.29, 0.717) is 16.3 Å². The lowest BCUT2D eigenvalue weighted by Crippen LogP contribution is -2.30. The van der Waals surface area contributed by atoms with Gasteiger partial charge >= 0.3 is 5.97 Å². The molecule has 0 aliphatic rings. The zero-order chi connectivity index (χ0) is 21.9. The smallest absolute Gasteiger partial charge is 0.340 e. The highest BCUT2D eigenvalue weighted by Crippen LogP contribution is 2.24. The van der Waals surface area contributed by atoms with Gasteiger partial charge in [0.25, 0.3) is 5.91 Å². The minimum atomic E-state index is -3.66. The number of nitrogens with one attached hydrogen (secondary N) is 1. The molecule has 2 aromatic carbocycles. The lowest BCUT2D eigenvalue weighted by atomic mass is 10.2. The van der Waals surface area contributed by atoms with Gasteiger partial charge < -0.3 is 10.1 Å². The van der Waals surface area contributed by atoms with Gasteiger partial charge in [-0.2, -0.15) is 0 Å². The summed E-state index contributed by atoms with van der Waals surface area (Å²) in [6.45, 7) is 3.11. The third-order valence-corrected chi connectivity index (χ3v) is 6.41. The molecule has 0 aromatic heterocycles. The molecule has 0 heterocycles. The van der Waals surface area contributed by atoms with Crippen molar-refractivity contribution in [3.05, 3.63) is 57.6 Å². The average molecular weight is 459 g/mol. The highest BCUT2D eigenvalue weighted by atomic mass is 35.5. The predicted molar refractivity (Wildman–Crippen MR) is 112 cm³/mol. The highest BCUT2D eigenvalue weighted by molar-refractivity contribution is 7.89. The molecule has 0 unspecified atom stereocenters. The van der Waals surface area contributed by atoms with Gasteiger partial charge in [-0.3, -0.25) is 4.79 Å². The van der Waals surface area contributed by atoms with E-state index in [1.807, 2.05) is 0 Å². The number of esters is 1. The quantitative estimate of drug-likeness (QED) is 0.665. The second kappa shape index (κ2) is 9.13. The summed E-state index contributed by atoms with van der Waals surface area (Å²) in [7, 11) is -0.837. The normalized spacial score (nSPS) is 12.5. The van der Waals surface area contributed by atoms with Gasteiger partial charge in [0.1, 0.15) is 0 Å². The van der Waals surface area contributed by atoms with Gasteiger partial charge in [0.15, 0.2) is 6.10 Å². The summed E-state index contributed by atoms with van der Waals surface area (Å²) >= 11 is 11.8. The van der Waals surface area contributed by atoms with Crippen molar-refractivity contribution in [2.75, 3.05) is 19.4 Å². The molecule has 0 fully saturated rings. The lowest BCUT2D eigenvalue weighted by molar-refractivity contribution is -0.123. The molecule has 29 heavy (non-hydrogen) atoms. The fourth-order valence-corrected chi connectivity index (χ4v) is 3.69. The Morgan fingerprint density at radius 3 is 2.34 bits per heavy atom. The third kappa shape index (κ3) is 5.48. The molecule has 0 saturated heterocycles. The van der Waals surface area contributed by atoms with E-state index in [1.54, 1.807) is 13.0 Å². The monoisotopic (exact) mass is 458 g/mol. The van der Waals surface area contributed by atoms with Gasteiger partial charge in [0, 0.05) is 24.8 Å². The first-order valence-corrected chi connectivity index (χ1v) is 10.6. The Labute approximate surface area is 179 Å². The van der Waals surface area contributed by atoms with Crippen molar-refractivity contribution in [3.63, 3.8) is 0 Å². The van der Waals surface area contributed by atoms with Gasteiger partial charge in [0.05, 0.1) is 15.5 Å². The van der Waals surface area contributed by atoms with Crippen LogP contribution in [0.15, 0.2) is 41.3 Å². The number of benzene rings is 2. The van der Waals surface area contributed by atoms with Crippen molar-refractivity contribution in [2.45, 2.75) is 24.8 Å². The van der Waals surface area contributed by atoms with Crippen LogP contribution < -0.4 is 5.32 Å². The van der Waals surface area contributed by atoms with Crippen LogP contribution in [0.2, 0.25) is 10.0 Å². The minimum Gasteiger partial charge on any atom is -0.449 e. The molecule has 0 aliphatic carbocycles. The number of hydrogen-bond acceptors (Lipinski definition) is 5. The van der Waals surface area contributed by atoms with E-state index in [1.165, 1.54) is 51.4 Å². The van der Waals surface area contributed by atoms with Crippen molar-refractivity contribution in [1.82, 2.24) is 4.31 Å². The molecule has 0 spiro atoms. The largest absolute Gasteiger partial charge is 0.449 e. The number of carbonyl (C=O) groups is 2. The summed E-state index contributed by atoms with van der Waals surface area (Å²) in [5, 5.41) is 3.05. The van der Waals surface area contributed by atoms with Crippen LogP contribution >= 0.6 is 23.2 Å². The first-order chi connectivity index (χ1) is 13.4. The van der Waals surface area contributed by atoms with Crippen LogP contribution in [0.5, 0.6) is 0 Å². The molecule has 1 amide bonds. The zero-order valence-corrected chi connectivity index (χ0v) is 18.5. The van der Waals surface area contributed by atoms with Crippen LogP contribution in [0.25, 0.3) is 0 Å². The maximum atomic E-state index is 12.5. The Balaban J connectivity index is 2.16. The molecular weight excluding hydrogens is 439 g/mol. The zero-order valence-electron chi connectivity index (χ0n) is 16.2. The van der Waals surface area contributed by atoms with Crippen molar-refractivity contribution in [2.24, 2.45) is 0 Å². The van der Waals surface area contributed by atoms with Crippen LogP contribution in [0.4, 0.5) is 5.69 Å². The number of sulfonamides is 1. The van der Waals surface area contributed by atoms with E-state index in [2.05, 4.69) is 5.32 Å². The van der Waals surface area contributed by atoms with Gasteiger partial charge in [-0.15, -0.1) is 0 Å². The SMILES string of the molecule is Cc1ccc(S(=O)(=O)N(C)C)cc1NC(=O)[C@@H](C)OC(=O)c1ccc(Cl)cc1Cl. The number of amides is 1. The van der Waals surface area contributed by atoms with E-state index >= 15 is 0 Å². The van der Waals surface area contributed by atoms with E-state index in [-0.39, 0.29) is 15.5 Å². The summed E-state index contributed by atoms with van der Waals surface area (Å²) in [6, 6.07) is 8.66. The number of ether oxygens (including phenoxy) is 1. The first kappa shape index (κ1) is 23.2. The molecule has 156 valence electrons. The van der Waals surface area contributed by atoms with Crippen LogP contribution in [0.3, 0.4) is 0 Å². The molecule has 1 atom stereocenters. The number of anilines is 1. The van der Waals surface area contributed by atoms with Gasteiger partial charge in [-0.25, -0.2) is 17.5 Å². The van der Waals surface area contributed by atoms with Gasteiger partial charge in [-0.1, -0.05) is 29.3 Å². The van der Waals surface area contributed by atoms with Crippen LogP contribution in [-0.4, -0.2) is 44.8 Å². The van der Waals surface area contributed by atoms with Crippen molar-refractivity contribution < 1.29 is 22.7 Å². The Bertz CT molecular complexity index is 1050. The summed E-state index contributed by atoms with van der Waals surface area (Å²) in [4.78, 5) is 24.7. The number of nitrogens with zero attached hydrogens (tertiary/aromatic N) is 1. The van der Waals surface area contributed by atoms with E-state index < -0.39 is 28.0 Å². The standard InChI is InChI=1S/C19H20Cl2N2O5S/c1-11-5-7-14(29(26,27)23(3)4)10-17(11)22-18(24)12(2)28-19(25)15-8-6-13(20)9-16(15)21/h5-10,12H,1-4H3,(H,22,24)/t12-/m1/s1. The van der Waals surface area contributed by atoms with Crippen molar-refractivity contribution in [1.29, 1.82) is 0 Å². The topological polar surface area (TPSA) is 92.8 Å². The fourth-order valence-electron chi connectivity index (χ4n) is 2.27. The van der Waals surface area contributed by atoms with Crippen LogP contribution in [0, 0.1) is 6.92 Å². The third-order valence-electron chi connectivity index (χ3n) is 4.05. The second-order valence-electron chi connectivity index (χ2n) is 6.43. The van der Waals surface area contributed by atoms with E-state index in [9.17, 15) is 18.0 Å². The molecule has 2 rings (SSSR count). The molecule has 7 nitrogen and oxygen atoms in total. The molecule has 0 bridgehead atoms. The maximum Gasteiger partial charge on any atom is 0.340 e. The molecule has 2 aromatic rings. The summed E-state index contributed by atoms with van der Waals surface area (Å²) in [5.74, 6) is -1.40. The molecule has 1 N–H and O–H groups in total. The molecule has 10 heteroatoms. The van der Waals surface area contributed by atoms with E-state index in [4.69, 9.17) is 27.9 Å². The Kier molecular flexibility index (Phi) is 7.29. The van der Waals surface area contributed by atoms with Crippen LogP contribution in [-0.2, 0) is 19.6 Å². The predicted octanol–water partition coefficient (Wildman–Crippen LogP) is 3.74. The second-order valence-corrected chi connectivity index (χ2v) is 9.42. The Morgan fingerprint density at radius 1 is 1.10 bits per heavy atom. The Morgan fingerprint density at radius 2 is 1.76 bits per heavy atom. The maximum absolute atomic E-state index is 12.5. The summed E-state index contributed by atoms with van der Waals surface area (Å²) in [6.07, 6.45) is -1.15. The van der Waals surface area contributed by atoms with Gasteiger partial charge in [-0.05, 0) is 49.7 Å². The highest BCUT2D eigenvalue weighted by Gasteiger charge is 2.23. The number of aryl methyl sites for hydroxylation is 1. The average Bonchev–Trinajstić information content (AvgIpc) is 2.62. The Hall–Kier alpha value is -2.13. The lowest BCUT2D eigenvalue weighted by Gasteiger charge is -2.17.